The minimum Gasteiger partial charge on any atom is -0.344 e. The number of fused-ring (bicyclic) bond motifs is 1. The molecule has 0 atom stereocenters. The number of amides is 1. The Bertz CT molecular complexity index is 1170. The summed E-state index contributed by atoms with van der Waals surface area (Å²) < 4.78 is 55.9. The summed E-state index contributed by atoms with van der Waals surface area (Å²) in [5, 5.41) is 3.56. The summed E-state index contributed by atoms with van der Waals surface area (Å²) in [6, 6.07) is 12.3. The van der Waals surface area contributed by atoms with Crippen LogP contribution in [0.2, 0.25) is 5.02 Å². The third-order valence-electron chi connectivity index (χ3n) is 5.03. The Morgan fingerprint density at radius 3 is 2.48 bits per heavy atom. The van der Waals surface area contributed by atoms with Gasteiger partial charge in [0.05, 0.1) is 24.2 Å². The minimum atomic E-state index is -4.20. The standard InChI is InChI=1S/C21H14BrClF4N3O/c1-11-17(19(31)28-14-5-3-13(23)4-6-14)15-8-12(22)2-7-16(15)29-18(11)30-9-20(24,25)21(26,27)10-30/h2-5,7-8H,9-10H2,1H3,(H,28,31). The van der Waals surface area contributed by atoms with Crippen molar-refractivity contribution in [2.24, 2.45) is 0 Å². The summed E-state index contributed by atoms with van der Waals surface area (Å²) in [7, 11) is 0. The number of pyridine rings is 1. The maximum absolute atomic E-state index is 13.8. The largest absolute Gasteiger partial charge is 0.344 e. The summed E-state index contributed by atoms with van der Waals surface area (Å²) in [6.45, 7) is -0.887. The van der Waals surface area contributed by atoms with Crippen molar-refractivity contribution in [3.63, 3.8) is 0 Å². The van der Waals surface area contributed by atoms with Gasteiger partial charge in [-0.05, 0) is 43.3 Å². The quantitative estimate of drug-likeness (QED) is 0.429. The summed E-state index contributed by atoms with van der Waals surface area (Å²) in [5.74, 6) is -9.04. The first-order valence-electron chi connectivity index (χ1n) is 9.07. The highest BCUT2D eigenvalue weighted by molar-refractivity contribution is 9.10. The van der Waals surface area contributed by atoms with Gasteiger partial charge in [-0.15, -0.1) is 0 Å². The van der Waals surface area contributed by atoms with Gasteiger partial charge in [0.15, 0.2) is 0 Å². The zero-order valence-corrected chi connectivity index (χ0v) is 18.3. The first-order valence-corrected chi connectivity index (χ1v) is 10.2. The smallest absolute Gasteiger partial charge is 0.329 e. The highest BCUT2D eigenvalue weighted by Crippen LogP contribution is 2.43. The Balaban J connectivity index is 1.83. The van der Waals surface area contributed by atoms with Gasteiger partial charge in [-0.3, -0.25) is 4.79 Å². The van der Waals surface area contributed by atoms with Crippen molar-refractivity contribution >= 4 is 55.8 Å². The maximum Gasteiger partial charge on any atom is 0.329 e. The van der Waals surface area contributed by atoms with Crippen molar-refractivity contribution in [2.75, 3.05) is 23.3 Å². The van der Waals surface area contributed by atoms with E-state index in [1.54, 1.807) is 30.3 Å². The zero-order chi connectivity index (χ0) is 22.6. The fourth-order valence-electron chi connectivity index (χ4n) is 3.50. The molecule has 1 N–H and O–H groups in total. The van der Waals surface area contributed by atoms with Crippen molar-refractivity contribution in [2.45, 2.75) is 18.8 Å². The monoisotopic (exact) mass is 514 g/mol. The molecular formula is C21H14BrClF4N3O. The molecule has 1 amide bonds. The van der Waals surface area contributed by atoms with Crippen molar-refractivity contribution < 1.29 is 22.4 Å². The molecule has 2 aromatic carbocycles. The minimum absolute atomic E-state index is 0.0862. The number of rotatable bonds is 3. The molecule has 0 spiro atoms. The predicted molar refractivity (Wildman–Crippen MR) is 115 cm³/mol. The first kappa shape index (κ1) is 21.8. The summed E-state index contributed by atoms with van der Waals surface area (Å²) in [4.78, 5) is 18.3. The topological polar surface area (TPSA) is 45.2 Å². The second kappa shape index (κ2) is 7.63. The lowest BCUT2D eigenvalue weighted by molar-refractivity contribution is -0.172. The van der Waals surface area contributed by atoms with Crippen LogP contribution in [0.1, 0.15) is 15.9 Å². The Morgan fingerprint density at radius 1 is 1.19 bits per heavy atom. The Kier molecular flexibility index (Phi) is 5.37. The van der Waals surface area contributed by atoms with E-state index in [1.807, 2.05) is 0 Å². The van der Waals surface area contributed by atoms with Crippen LogP contribution < -0.4 is 10.2 Å². The van der Waals surface area contributed by atoms with E-state index in [-0.39, 0.29) is 16.9 Å². The van der Waals surface area contributed by atoms with Gasteiger partial charge in [0.1, 0.15) is 5.82 Å². The predicted octanol–water partition coefficient (Wildman–Crippen LogP) is 6.10. The molecule has 2 heterocycles. The second-order valence-electron chi connectivity index (χ2n) is 7.24. The summed E-state index contributed by atoms with van der Waals surface area (Å²) in [5.41, 5.74) is 1.01. The van der Waals surface area contributed by atoms with E-state index >= 15 is 0 Å². The fourth-order valence-corrected chi connectivity index (χ4v) is 3.98. The third kappa shape index (κ3) is 3.96. The number of nitrogens with one attached hydrogen (secondary N) is 1. The lowest BCUT2D eigenvalue weighted by Crippen LogP contribution is -2.38. The van der Waals surface area contributed by atoms with E-state index in [4.69, 9.17) is 11.6 Å². The number of carbonyl (C=O) groups is 1. The van der Waals surface area contributed by atoms with Crippen LogP contribution in [0.5, 0.6) is 0 Å². The maximum atomic E-state index is 13.8. The lowest BCUT2D eigenvalue weighted by Gasteiger charge is -2.22. The molecule has 1 aromatic heterocycles. The van der Waals surface area contributed by atoms with Crippen LogP contribution in [0, 0.1) is 13.0 Å². The Morgan fingerprint density at radius 2 is 1.87 bits per heavy atom. The van der Waals surface area contributed by atoms with Gasteiger partial charge < -0.3 is 10.2 Å². The fraction of sp³-hybridized carbons (Fsp3) is 0.238. The SMILES string of the molecule is Cc1c(N2CC(F)(F)C(F)(F)C2)nc2ccc(Br)cc2c1C(=O)Nc1[c]cc(Cl)cc1. The zero-order valence-electron chi connectivity index (χ0n) is 15.9. The van der Waals surface area contributed by atoms with Crippen LogP contribution in [-0.2, 0) is 0 Å². The molecule has 1 fully saturated rings. The molecule has 1 radical (unpaired) electrons. The summed E-state index contributed by atoms with van der Waals surface area (Å²) >= 11 is 9.18. The van der Waals surface area contributed by atoms with Crippen LogP contribution in [0.4, 0.5) is 29.1 Å². The van der Waals surface area contributed by atoms with E-state index in [9.17, 15) is 22.4 Å². The van der Waals surface area contributed by atoms with E-state index in [2.05, 4.69) is 32.3 Å². The molecule has 31 heavy (non-hydrogen) atoms. The van der Waals surface area contributed by atoms with E-state index < -0.39 is 30.8 Å². The molecular weight excluding hydrogens is 502 g/mol. The number of halogens is 6. The van der Waals surface area contributed by atoms with Gasteiger partial charge in [-0.25, -0.2) is 4.98 Å². The number of anilines is 2. The van der Waals surface area contributed by atoms with Crippen molar-refractivity contribution in [3.8, 4) is 0 Å². The normalized spacial score (nSPS) is 17.2. The van der Waals surface area contributed by atoms with Gasteiger partial charge in [0.25, 0.3) is 5.91 Å². The number of nitrogens with zero attached hydrogens (tertiary/aromatic N) is 2. The highest BCUT2D eigenvalue weighted by Gasteiger charge is 2.63. The lowest BCUT2D eigenvalue weighted by atomic mass is 10.0. The molecule has 0 unspecified atom stereocenters. The van der Waals surface area contributed by atoms with Gasteiger partial charge >= 0.3 is 11.8 Å². The van der Waals surface area contributed by atoms with Crippen LogP contribution in [0.3, 0.4) is 0 Å². The number of hydrogen-bond acceptors (Lipinski definition) is 3. The van der Waals surface area contributed by atoms with E-state index in [0.717, 1.165) is 4.90 Å². The van der Waals surface area contributed by atoms with Gasteiger partial charge in [-0.2, -0.15) is 17.6 Å². The molecule has 4 nitrogen and oxygen atoms in total. The van der Waals surface area contributed by atoms with Crippen LogP contribution in [0.25, 0.3) is 10.9 Å². The number of benzene rings is 2. The molecule has 4 rings (SSSR count). The Labute approximate surface area is 188 Å². The van der Waals surface area contributed by atoms with Crippen molar-refractivity contribution in [1.82, 2.24) is 4.98 Å². The molecule has 3 aromatic rings. The van der Waals surface area contributed by atoms with Crippen molar-refractivity contribution in [1.29, 1.82) is 0 Å². The van der Waals surface area contributed by atoms with Gasteiger partial charge in [0, 0.05) is 32.2 Å². The molecule has 0 bridgehead atoms. The highest BCUT2D eigenvalue weighted by atomic mass is 79.9. The second-order valence-corrected chi connectivity index (χ2v) is 8.59. The molecule has 10 heteroatoms. The van der Waals surface area contributed by atoms with Crippen molar-refractivity contribution in [3.05, 3.63) is 63.1 Å². The number of alkyl halides is 4. The third-order valence-corrected chi connectivity index (χ3v) is 5.76. The van der Waals surface area contributed by atoms with Gasteiger partial charge in [-0.1, -0.05) is 27.5 Å². The van der Waals surface area contributed by atoms with Crippen LogP contribution in [-0.4, -0.2) is 35.8 Å². The first-order chi connectivity index (χ1) is 14.5. The van der Waals surface area contributed by atoms with Crippen LogP contribution in [0.15, 0.2) is 40.9 Å². The van der Waals surface area contributed by atoms with Crippen LogP contribution >= 0.6 is 27.5 Å². The number of hydrogen-bond donors (Lipinski definition) is 1. The van der Waals surface area contributed by atoms with E-state index in [0.29, 0.717) is 26.1 Å². The Hall–Kier alpha value is -2.39. The summed E-state index contributed by atoms with van der Waals surface area (Å²) in [6.07, 6.45) is 0. The molecule has 0 aliphatic carbocycles. The average molecular weight is 516 g/mol. The number of aromatic nitrogens is 1. The average Bonchev–Trinajstić information content (AvgIpc) is 2.90. The van der Waals surface area contributed by atoms with E-state index in [1.165, 1.54) is 13.0 Å². The molecule has 0 saturated carbocycles. The number of carbonyl (C=O) groups excluding carboxylic acids is 1. The van der Waals surface area contributed by atoms with Gasteiger partial charge in [0.2, 0.25) is 0 Å². The molecule has 1 saturated heterocycles. The molecule has 161 valence electrons. The molecule has 1 aliphatic heterocycles. The molecule has 1 aliphatic rings.